The molecule has 1 fully saturated rings. The van der Waals surface area contributed by atoms with E-state index in [-0.39, 0.29) is 5.91 Å². The Bertz CT molecular complexity index is 654. The summed E-state index contributed by atoms with van der Waals surface area (Å²) in [5, 5.41) is 4.22. The van der Waals surface area contributed by atoms with Gasteiger partial charge in [-0.2, -0.15) is 0 Å². The van der Waals surface area contributed by atoms with Gasteiger partial charge < -0.3 is 10.3 Å². The molecule has 0 spiro atoms. The third kappa shape index (κ3) is 2.33. The molecule has 0 saturated heterocycles. The lowest BCUT2D eigenvalue weighted by Crippen LogP contribution is -2.33. The number of carbonyl (C=O) groups is 1. The van der Waals surface area contributed by atoms with Crippen molar-refractivity contribution in [3.8, 4) is 0 Å². The molecule has 0 bridgehead atoms. The van der Waals surface area contributed by atoms with Crippen molar-refractivity contribution in [2.75, 3.05) is 0 Å². The Morgan fingerprint density at radius 3 is 2.80 bits per heavy atom. The van der Waals surface area contributed by atoms with Crippen molar-refractivity contribution in [1.82, 2.24) is 10.3 Å². The van der Waals surface area contributed by atoms with Crippen LogP contribution in [0.25, 0.3) is 10.9 Å². The molecule has 3 rings (SSSR count). The Balaban J connectivity index is 1.84. The van der Waals surface area contributed by atoms with Gasteiger partial charge in [-0.15, -0.1) is 0 Å². The minimum absolute atomic E-state index is 0.0580. The maximum Gasteiger partial charge on any atom is 0.253 e. The second-order valence-corrected chi connectivity index (χ2v) is 6.75. The van der Waals surface area contributed by atoms with Gasteiger partial charge in [-0.3, -0.25) is 4.79 Å². The van der Waals surface area contributed by atoms with Crippen molar-refractivity contribution in [2.24, 2.45) is 5.41 Å². The van der Waals surface area contributed by atoms with E-state index in [4.69, 9.17) is 0 Å². The highest BCUT2D eigenvalue weighted by Gasteiger charge is 2.32. The number of hydrogen-bond acceptors (Lipinski definition) is 1. The molecule has 20 heavy (non-hydrogen) atoms. The lowest BCUT2D eigenvalue weighted by molar-refractivity contribution is 0.0937. The fourth-order valence-electron chi connectivity index (χ4n) is 3.39. The SMILES string of the molecule is Cc1[nH]c2ccccc2c1C(=O)NC1CCC(C)(C)C1. The van der Waals surface area contributed by atoms with E-state index in [1.54, 1.807) is 0 Å². The smallest absolute Gasteiger partial charge is 0.253 e. The number of aromatic amines is 1. The Morgan fingerprint density at radius 1 is 1.35 bits per heavy atom. The van der Waals surface area contributed by atoms with E-state index >= 15 is 0 Å². The Kier molecular flexibility index (Phi) is 3.08. The van der Waals surface area contributed by atoms with Crippen LogP contribution in [0.4, 0.5) is 0 Å². The molecular weight excluding hydrogens is 248 g/mol. The number of hydrogen-bond donors (Lipinski definition) is 2. The van der Waals surface area contributed by atoms with E-state index < -0.39 is 0 Å². The van der Waals surface area contributed by atoms with Gasteiger partial charge in [0, 0.05) is 22.6 Å². The normalized spacial score (nSPS) is 21.2. The van der Waals surface area contributed by atoms with Crippen LogP contribution in [0.3, 0.4) is 0 Å². The topological polar surface area (TPSA) is 44.9 Å². The van der Waals surface area contributed by atoms with Gasteiger partial charge in [0.1, 0.15) is 0 Å². The molecule has 3 heteroatoms. The van der Waals surface area contributed by atoms with Gasteiger partial charge in [-0.25, -0.2) is 0 Å². The predicted octanol–water partition coefficient (Wildman–Crippen LogP) is 3.78. The Labute approximate surface area is 119 Å². The number of carbonyl (C=O) groups excluding carboxylic acids is 1. The molecule has 1 amide bonds. The van der Waals surface area contributed by atoms with Gasteiger partial charge in [-0.1, -0.05) is 32.0 Å². The highest BCUT2D eigenvalue weighted by atomic mass is 16.1. The van der Waals surface area contributed by atoms with Gasteiger partial charge in [0.05, 0.1) is 5.56 Å². The van der Waals surface area contributed by atoms with Crippen LogP contribution in [-0.2, 0) is 0 Å². The van der Waals surface area contributed by atoms with Crippen molar-refractivity contribution in [2.45, 2.75) is 46.1 Å². The number of amides is 1. The summed E-state index contributed by atoms with van der Waals surface area (Å²) in [6, 6.07) is 8.29. The predicted molar refractivity (Wildman–Crippen MR) is 81.9 cm³/mol. The van der Waals surface area contributed by atoms with Crippen molar-refractivity contribution < 1.29 is 4.79 Å². The highest BCUT2D eigenvalue weighted by molar-refractivity contribution is 6.08. The van der Waals surface area contributed by atoms with Gasteiger partial charge in [0.2, 0.25) is 0 Å². The molecule has 2 N–H and O–H groups in total. The maximum absolute atomic E-state index is 12.6. The Hall–Kier alpha value is -1.77. The van der Waals surface area contributed by atoms with Crippen LogP contribution in [0, 0.1) is 12.3 Å². The number of aromatic nitrogens is 1. The summed E-state index contributed by atoms with van der Waals surface area (Å²) in [4.78, 5) is 15.9. The largest absolute Gasteiger partial charge is 0.358 e. The van der Waals surface area contributed by atoms with E-state index in [1.165, 1.54) is 6.42 Å². The number of H-pyrrole nitrogens is 1. The van der Waals surface area contributed by atoms with E-state index in [2.05, 4.69) is 24.1 Å². The molecule has 1 aliphatic carbocycles. The molecule has 3 nitrogen and oxygen atoms in total. The molecular formula is C17H22N2O. The fourth-order valence-corrected chi connectivity index (χ4v) is 3.39. The van der Waals surface area contributed by atoms with Crippen LogP contribution in [0.2, 0.25) is 0 Å². The molecule has 106 valence electrons. The van der Waals surface area contributed by atoms with Crippen LogP contribution in [0.1, 0.15) is 49.2 Å². The zero-order valence-electron chi connectivity index (χ0n) is 12.4. The molecule has 1 unspecified atom stereocenters. The van der Waals surface area contributed by atoms with E-state index in [0.717, 1.165) is 35.0 Å². The first-order valence-corrected chi connectivity index (χ1v) is 7.34. The second kappa shape index (κ2) is 4.65. The van der Waals surface area contributed by atoms with Crippen LogP contribution in [-0.4, -0.2) is 16.9 Å². The van der Waals surface area contributed by atoms with Gasteiger partial charge in [0.15, 0.2) is 0 Å². The number of para-hydroxylation sites is 1. The molecule has 1 atom stereocenters. The molecule has 1 saturated carbocycles. The van der Waals surface area contributed by atoms with Crippen LogP contribution >= 0.6 is 0 Å². The van der Waals surface area contributed by atoms with Gasteiger partial charge >= 0.3 is 0 Å². The number of aryl methyl sites for hydroxylation is 1. The molecule has 0 radical (unpaired) electrons. The third-order valence-corrected chi connectivity index (χ3v) is 4.42. The summed E-state index contributed by atoms with van der Waals surface area (Å²) in [5.41, 5.74) is 3.13. The van der Waals surface area contributed by atoms with Gasteiger partial charge in [-0.05, 0) is 37.7 Å². The highest BCUT2D eigenvalue weighted by Crippen LogP contribution is 2.37. The number of rotatable bonds is 2. The lowest BCUT2D eigenvalue weighted by Gasteiger charge is -2.18. The summed E-state index contributed by atoms with van der Waals surface area (Å²) < 4.78 is 0. The van der Waals surface area contributed by atoms with Crippen molar-refractivity contribution >= 4 is 16.8 Å². The first-order valence-electron chi connectivity index (χ1n) is 7.34. The number of nitrogens with one attached hydrogen (secondary N) is 2. The third-order valence-electron chi connectivity index (χ3n) is 4.42. The molecule has 2 aromatic rings. The molecule has 1 aromatic heterocycles. The van der Waals surface area contributed by atoms with Crippen molar-refractivity contribution in [3.63, 3.8) is 0 Å². The summed E-state index contributed by atoms with van der Waals surface area (Å²) in [6.45, 7) is 6.51. The fraction of sp³-hybridized carbons (Fsp3) is 0.471. The standard InChI is InChI=1S/C17H22N2O/c1-11-15(13-6-4-5-7-14(13)18-11)16(20)19-12-8-9-17(2,3)10-12/h4-7,12,18H,8-10H2,1-3H3,(H,19,20). The average molecular weight is 270 g/mol. The summed E-state index contributed by atoms with van der Waals surface area (Å²) >= 11 is 0. The quantitative estimate of drug-likeness (QED) is 0.857. The van der Waals surface area contributed by atoms with Crippen molar-refractivity contribution in [1.29, 1.82) is 0 Å². The zero-order valence-corrected chi connectivity index (χ0v) is 12.4. The number of benzene rings is 1. The molecule has 1 aliphatic rings. The van der Waals surface area contributed by atoms with Crippen LogP contribution in [0.15, 0.2) is 24.3 Å². The lowest BCUT2D eigenvalue weighted by atomic mass is 9.92. The Morgan fingerprint density at radius 2 is 2.10 bits per heavy atom. The zero-order chi connectivity index (χ0) is 14.3. The number of fused-ring (bicyclic) bond motifs is 1. The summed E-state index contributed by atoms with van der Waals surface area (Å²) in [7, 11) is 0. The van der Waals surface area contributed by atoms with Crippen LogP contribution < -0.4 is 5.32 Å². The van der Waals surface area contributed by atoms with Crippen LogP contribution in [0.5, 0.6) is 0 Å². The monoisotopic (exact) mass is 270 g/mol. The summed E-state index contributed by atoms with van der Waals surface area (Å²) in [6.07, 6.45) is 3.34. The van der Waals surface area contributed by atoms with Crippen molar-refractivity contribution in [3.05, 3.63) is 35.5 Å². The first-order chi connectivity index (χ1) is 9.46. The van der Waals surface area contributed by atoms with E-state index in [0.29, 0.717) is 11.5 Å². The molecule has 1 heterocycles. The van der Waals surface area contributed by atoms with E-state index in [1.807, 2.05) is 31.2 Å². The second-order valence-electron chi connectivity index (χ2n) is 6.75. The molecule has 0 aliphatic heterocycles. The maximum atomic E-state index is 12.6. The minimum Gasteiger partial charge on any atom is -0.358 e. The van der Waals surface area contributed by atoms with Gasteiger partial charge in [0.25, 0.3) is 5.91 Å². The minimum atomic E-state index is 0.0580. The first kappa shape index (κ1) is 13.2. The average Bonchev–Trinajstić information content (AvgIpc) is 2.88. The molecule has 1 aromatic carbocycles. The summed E-state index contributed by atoms with van der Waals surface area (Å²) in [5.74, 6) is 0.0580. The van der Waals surface area contributed by atoms with E-state index in [9.17, 15) is 4.79 Å².